The number of rotatable bonds is 2. The van der Waals surface area contributed by atoms with Gasteiger partial charge < -0.3 is 9.88 Å². The van der Waals surface area contributed by atoms with E-state index in [-0.39, 0.29) is 5.91 Å². The molecule has 3 nitrogen and oxygen atoms in total. The molecule has 2 heterocycles. The molecule has 1 amide bonds. The summed E-state index contributed by atoms with van der Waals surface area (Å²) in [5.74, 6) is 0.265. The number of amides is 1. The van der Waals surface area contributed by atoms with Crippen LogP contribution >= 0.6 is 0 Å². The van der Waals surface area contributed by atoms with Gasteiger partial charge in [-0.1, -0.05) is 0 Å². The number of carbonyl (C=O) groups excluding carboxylic acids is 1. The van der Waals surface area contributed by atoms with Crippen molar-refractivity contribution in [1.82, 2.24) is 9.88 Å². The minimum atomic E-state index is 0.265. The Morgan fingerprint density at radius 1 is 1.50 bits per heavy atom. The van der Waals surface area contributed by atoms with Gasteiger partial charge in [0, 0.05) is 25.0 Å². The minimum Gasteiger partial charge on any atom is -0.365 e. The number of nitrogens with zero attached hydrogens (tertiary/aromatic N) is 1. The molecule has 76 valence electrons. The molecule has 0 aromatic carbocycles. The first-order valence-electron chi connectivity index (χ1n) is 5.17. The molecule has 3 heteroatoms. The maximum atomic E-state index is 11.7. The van der Waals surface area contributed by atoms with Crippen LogP contribution in [0.1, 0.15) is 24.1 Å². The minimum absolute atomic E-state index is 0.265. The number of likely N-dealkylation sites (tertiary alicyclic amines) is 1. The van der Waals surface area contributed by atoms with E-state index in [1.807, 2.05) is 24.1 Å². The number of hydrogen-bond acceptors (Lipinski definition) is 1. The largest absolute Gasteiger partial charge is 0.365 e. The van der Waals surface area contributed by atoms with Crippen molar-refractivity contribution in [2.45, 2.75) is 26.2 Å². The second-order valence-corrected chi connectivity index (χ2v) is 3.96. The highest BCUT2D eigenvalue weighted by Gasteiger charge is 2.17. The van der Waals surface area contributed by atoms with Crippen molar-refractivity contribution in [3.8, 4) is 0 Å². The third-order valence-electron chi connectivity index (χ3n) is 2.70. The summed E-state index contributed by atoms with van der Waals surface area (Å²) in [7, 11) is 0. The Morgan fingerprint density at radius 3 is 2.79 bits per heavy atom. The van der Waals surface area contributed by atoms with Gasteiger partial charge in [-0.3, -0.25) is 4.79 Å². The first-order chi connectivity index (χ1) is 6.75. The van der Waals surface area contributed by atoms with Crippen LogP contribution < -0.4 is 0 Å². The zero-order valence-electron chi connectivity index (χ0n) is 8.55. The van der Waals surface area contributed by atoms with Gasteiger partial charge in [-0.05, 0) is 31.4 Å². The molecule has 0 atom stereocenters. The van der Waals surface area contributed by atoms with Gasteiger partial charge in [0.2, 0.25) is 5.91 Å². The molecule has 1 N–H and O–H groups in total. The Labute approximate surface area is 84.1 Å². The smallest absolute Gasteiger partial charge is 0.227 e. The van der Waals surface area contributed by atoms with E-state index >= 15 is 0 Å². The maximum Gasteiger partial charge on any atom is 0.227 e. The van der Waals surface area contributed by atoms with Crippen molar-refractivity contribution in [2.24, 2.45) is 0 Å². The van der Waals surface area contributed by atoms with Crippen molar-refractivity contribution in [3.05, 3.63) is 23.5 Å². The van der Waals surface area contributed by atoms with E-state index in [9.17, 15) is 4.79 Å². The number of aromatic amines is 1. The van der Waals surface area contributed by atoms with Crippen molar-refractivity contribution < 1.29 is 4.79 Å². The van der Waals surface area contributed by atoms with Gasteiger partial charge in [0.25, 0.3) is 0 Å². The fraction of sp³-hybridized carbons (Fsp3) is 0.545. The predicted molar refractivity (Wildman–Crippen MR) is 55.0 cm³/mol. The van der Waals surface area contributed by atoms with Crippen LogP contribution in [0.4, 0.5) is 0 Å². The zero-order chi connectivity index (χ0) is 9.97. The molecule has 1 aliphatic rings. The van der Waals surface area contributed by atoms with Gasteiger partial charge in [0.05, 0.1) is 6.42 Å². The molecular weight excluding hydrogens is 176 g/mol. The van der Waals surface area contributed by atoms with Gasteiger partial charge in [-0.15, -0.1) is 0 Å². The standard InChI is InChI=1S/C11H16N2O/c1-9-6-10(8-12-9)7-11(14)13-4-2-3-5-13/h6,8,12H,2-5,7H2,1H3. The summed E-state index contributed by atoms with van der Waals surface area (Å²) < 4.78 is 0. The molecule has 0 spiro atoms. The summed E-state index contributed by atoms with van der Waals surface area (Å²) in [5.41, 5.74) is 2.22. The maximum absolute atomic E-state index is 11.7. The van der Waals surface area contributed by atoms with Crippen LogP contribution in [0, 0.1) is 6.92 Å². The van der Waals surface area contributed by atoms with Crippen molar-refractivity contribution >= 4 is 5.91 Å². The van der Waals surface area contributed by atoms with E-state index in [1.54, 1.807) is 0 Å². The number of carbonyl (C=O) groups is 1. The molecule has 1 saturated heterocycles. The molecule has 1 aromatic heterocycles. The Kier molecular flexibility index (Phi) is 2.57. The van der Waals surface area contributed by atoms with E-state index in [2.05, 4.69) is 4.98 Å². The summed E-state index contributed by atoms with van der Waals surface area (Å²) in [6.45, 7) is 3.90. The fourth-order valence-corrected chi connectivity index (χ4v) is 1.92. The van der Waals surface area contributed by atoms with Gasteiger partial charge in [-0.25, -0.2) is 0 Å². The number of H-pyrrole nitrogens is 1. The quantitative estimate of drug-likeness (QED) is 0.757. The van der Waals surface area contributed by atoms with Crippen LogP contribution in [0.5, 0.6) is 0 Å². The molecule has 2 rings (SSSR count). The first kappa shape index (κ1) is 9.31. The molecule has 1 aliphatic heterocycles. The summed E-state index contributed by atoms with van der Waals surface area (Å²) >= 11 is 0. The highest BCUT2D eigenvalue weighted by molar-refractivity contribution is 5.78. The highest BCUT2D eigenvalue weighted by Crippen LogP contribution is 2.11. The lowest BCUT2D eigenvalue weighted by Gasteiger charge is -2.14. The summed E-state index contributed by atoms with van der Waals surface area (Å²) in [5, 5.41) is 0. The van der Waals surface area contributed by atoms with Crippen LogP contribution in [0.25, 0.3) is 0 Å². The molecule has 0 bridgehead atoms. The van der Waals surface area contributed by atoms with E-state index in [4.69, 9.17) is 0 Å². The molecule has 0 radical (unpaired) electrons. The molecule has 0 saturated carbocycles. The van der Waals surface area contributed by atoms with Crippen molar-refractivity contribution in [3.63, 3.8) is 0 Å². The molecule has 0 unspecified atom stereocenters. The van der Waals surface area contributed by atoms with Gasteiger partial charge in [-0.2, -0.15) is 0 Å². The molecule has 14 heavy (non-hydrogen) atoms. The van der Waals surface area contributed by atoms with Crippen LogP contribution in [-0.4, -0.2) is 28.9 Å². The van der Waals surface area contributed by atoms with Crippen molar-refractivity contribution in [1.29, 1.82) is 0 Å². The number of aromatic nitrogens is 1. The monoisotopic (exact) mass is 192 g/mol. The van der Waals surface area contributed by atoms with E-state index < -0.39 is 0 Å². The number of hydrogen-bond donors (Lipinski definition) is 1. The van der Waals surface area contributed by atoms with Gasteiger partial charge >= 0.3 is 0 Å². The molecule has 1 aromatic rings. The summed E-state index contributed by atoms with van der Waals surface area (Å²) in [6.07, 6.45) is 4.80. The van der Waals surface area contributed by atoms with Crippen LogP contribution in [0.2, 0.25) is 0 Å². The Bertz CT molecular complexity index is 324. The van der Waals surface area contributed by atoms with Crippen LogP contribution in [-0.2, 0) is 11.2 Å². The SMILES string of the molecule is Cc1cc(CC(=O)N2CCCC2)c[nH]1. The lowest BCUT2D eigenvalue weighted by atomic mass is 10.2. The molecule has 0 aliphatic carbocycles. The Balaban J connectivity index is 1.93. The first-order valence-corrected chi connectivity index (χ1v) is 5.17. The third kappa shape index (κ3) is 1.97. The summed E-state index contributed by atoms with van der Waals surface area (Å²) in [6, 6.07) is 2.04. The number of aryl methyl sites for hydroxylation is 1. The van der Waals surface area contributed by atoms with Gasteiger partial charge in [0.15, 0.2) is 0 Å². The topological polar surface area (TPSA) is 36.1 Å². The second kappa shape index (κ2) is 3.86. The van der Waals surface area contributed by atoms with Gasteiger partial charge in [0.1, 0.15) is 0 Å². The Hall–Kier alpha value is -1.25. The van der Waals surface area contributed by atoms with E-state index in [0.29, 0.717) is 6.42 Å². The molecule has 1 fully saturated rings. The number of nitrogens with one attached hydrogen (secondary N) is 1. The van der Waals surface area contributed by atoms with Crippen LogP contribution in [0.3, 0.4) is 0 Å². The average Bonchev–Trinajstić information content (AvgIpc) is 2.75. The van der Waals surface area contributed by atoms with Crippen molar-refractivity contribution in [2.75, 3.05) is 13.1 Å². The second-order valence-electron chi connectivity index (χ2n) is 3.96. The lowest BCUT2D eigenvalue weighted by Crippen LogP contribution is -2.28. The fourth-order valence-electron chi connectivity index (χ4n) is 1.92. The average molecular weight is 192 g/mol. The predicted octanol–water partition coefficient (Wildman–Crippen LogP) is 1.49. The zero-order valence-corrected chi connectivity index (χ0v) is 8.55. The summed E-state index contributed by atoms with van der Waals surface area (Å²) in [4.78, 5) is 16.8. The van der Waals surface area contributed by atoms with E-state index in [1.165, 1.54) is 0 Å². The van der Waals surface area contributed by atoms with Crippen LogP contribution in [0.15, 0.2) is 12.3 Å². The molecular formula is C11H16N2O. The normalized spacial score (nSPS) is 16.2. The highest BCUT2D eigenvalue weighted by atomic mass is 16.2. The lowest BCUT2D eigenvalue weighted by molar-refractivity contribution is -0.129. The third-order valence-corrected chi connectivity index (χ3v) is 2.70. The Morgan fingerprint density at radius 2 is 2.21 bits per heavy atom. The van der Waals surface area contributed by atoms with E-state index in [0.717, 1.165) is 37.2 Å².